The van der Waals surface area contributed by atoms with Gasteiger partial charge in [-0.2, -0.15) is 5.10 Å². The summed E-state index contributed by atoms with van der Waals surface area (Å²) >= 11 is 0. The van der Waals surface area contributed by atoms with Crippen molar-refractivity contribution in [3.8, 4) is 11.3 Å². The van der Waals surface area contributed by atoms with E-state index in [1.807, 2.05) is 30.2 Å². The number of rotatable bonds is 2. The second kappa shape index (κ2) is 4.84. The third-order valence-electron chi connectivity index (χ3n) is 3.22. The van der Waals surface area contributed by atoms with Crippen LogP contribution in [0.25, 0.3) is 11.3 Å². The highest BCUT2D eigenvalue weighted by molar-refractivity contribution is 5.71. The summed E-state index contributed by atoms with van der Waals surface area (Å²) in [4.78, 5) is 6.15. The van der Waals surface area contributed by atoms with E-state index in [1.54, 1.807) is 6.07 Å². The lowest BCUT2D eigenvalue weighted by Gasteiger charge is -2.25. The van der Waals surface area contributed by atoms with Crippen molar-refractivity contribution in [2.45, 2.75) is 6.92 Å². The summed E-state index contributed by atoms with van der Waals surface area (Å²) in [7, 11) is 0. The lowest BCUT2D eigenvalue weighted by molar-refractivity contribution is 0.620. The van der Waals surface area contributed by atoms with Crippen LogP contribution in [0.3, 0.4) is 0 Å². The van der Waals surface area contributed by atoms with Gasteiger partial charge in [0.2, 0.25) is 0 Å². The van der Waals surface area contributed by atoms with Crippen molar-refractivity contribution in [1.29, 1.82) is 0 Å². The first kappa shape index (κ1) is 11.9. The van der Waals surface area contributed by atoms with E-state index in [4.69, 9.17) is 0 Å². The van der Waals surface area contributed by atoms with E-state index in [1.165, 1.54) is 6.07 Å². The Morgan fingerprint density at radius 1 is 1.32 bits per heavy atom. The summed E-state index contributed by atoms with van der Waals surface area (Å²) < 4.78 is 14.0. The predicted molar refractivity (Wildman–Crippen MR) is 74.3 cm³/mol. The maximum Gasteiger partial charge on any atom is 0.146 e. The van der Waals surface area contributed by atoms with Crippen LogP contribution >= 0.6 is 0 Å². The Bertz CT molecular complexity index is 618. The maximum absolute atomic E-state index is 14.0. The van der Waals surface area contributed by atoms with Gasteiger partial charge in [0, 0.05) is 24.0 Å². The van der Waals surface area contributed by atoms with Crippen molar-refractivity contribution in [1.82, 2.24) is 10.2 Å². The number of aromatic nitrogens is 2. The average molecular weight is 258 g/mol. The topological polar surface area (TPSA) is 44.3 Å². The molecule has 1 aliphatic heterocycles. The van der Waals surface area contributed by atoms with Crippen molar-refractivity contribution in [2.24, 2.45) is 4.99 Å². The van der Waals surface area contributed by atoms with Crippen molar-refractivity contribution < 1.29 is 4.39 Å². The third-order valence-corrected chi connectivity index (χ3v) is 3.22. The van der Waals surface area contributed by atoms with Gasteiger partial charge >= 0.3 is 0 Å². The normalized spacial score (nSPS) is 14.9. The summed E-state index contributed by atoms with van der Waals surface area (Å²) in [5.41, 5.74) is 3.36. The molecule has 0 aliphatic carbocycles. The molecule has 1 aromatic carbocycles. The molecular formula is C14H15FN4. The highest BCUT2D eigenvalue weighted by Crippen LogP contribution is 2.27. The molecule has 0 spiro atoms. The maximum atomic E-state index is 14.0. The Labute approximate surface area is 111 Å². The first-order valence-corrected chi connectivity index (χ1v) is 6.29. The highest BCUT2D eigenvalue weighted by atomic mass is 19.1. The lowest BCUT2D eigenvalue weighted by atomic mass is 10.1. The Morgan fingerprint density at radius 3 is 2.89 bits per heavy atom. The van der Waals surface area contributed by atoms with Crippen LogP contribution in [-0.2, 0) is 0 Å². The van der Waals surface area contributed by atoms with Gasteiger partial charge in [0.25, 0.3) is 0 Å². The highest BCUT2D eigenvalue weighted by Gasteiger charge is 2.14. The molecular weight excluding hydrogens is 243 g/mol. The number of nitrogens with zero attached hydrogens (tertiary/aromatic N) is 3. The summed E-state index contributed by atoms with van der Waals surface area (Å²) in [5, 5.41) is 7.11. The molecule has 5 heteroatoms. The Kier molecular flexibility index (Phi) is 3.03. The molecule has 0 amide bonds. The number of aryl methyl sites for hydroxylation is 1. The fourth-order valence-electron chi connectivity index (χ4n) is 2.22. The number of benzene rings is 1. The van der Waals surface area contributed by atoms with E-state index in [2.05, 4.69) is 15.2 Å². The lowest BCUT2D eigenvalue weighted by Crippen LogP contribution is -2.32. The van der Waals surface area contributed by atoms with Crippen LogP contribution in [0.1, 0.15) is 5.69 Å². The quantitative estimate of drug-likeness (QED) is 0.899. The average Bonchev–Trinajstić information content (AvgIpc) is 2.87. The van der Waals surface area contributed by atoms with Crippen molar-refractivity contribution >= 4 is 11.9 Å². The van der Waals surface area contributed by atoms with Gasteiger partial charge in [-0.1, -0.05) is 0 Å². The van der Waals surface area contributed by atoms with Crippen molar-refractivity contribution in [3.05, 3.63) is 35.8 Å². The molecule has 0 unspecified atom stereocenters. The Hall–Kier alpha value is -2.17. The van der Waals surface area contributed by atoms with Gasteiger partial charge in [-0.3, -0.25) is 10.1 Å². The minimum Gasteiger partial charge on any atom is -0.362 e. The van der Waals surface area contributed by atoms with Gasteiger partial charge in [0.1, 0.15) is 5.82 Å². The van der Waals surface area contributed by atoms with Crippen LogP contribution < -0.4 is 4.90 Å². The Morgan fingerprint density at radius 2 is 2.21 bits per heavy atom. The minimum absolute atomic E-state index is 0.202. The smallest absolute Gasteiger partial charge is 0.146 e. The molecule has 1 aromatic heterocycles. The summed E-state index contributed by atoms with van der Waals surface area (Å²) in [5.74, 6) is -0.202. The number of aromatic amines is 1. The van der Waals surface area contributed by atoms with E-state index in [-0.39, 0.29) is 5.82 Å². The first-order valence-electron chi connectivity index (χ1n) is 6.29. The van der Waals surface area contributed by atoms with E-state index in [0.717, 1.165) is 23.5 Å². The van der Waals surface area contributed by atoms with Gasteiger partial charge < -0.3 is 4.90 Å². The number of nitrogens with one attached hydrogen (secondary N) is 1. The second-order valence-electron chi connectivity index (χ2n) is 4.64. The zero-order valence-electron chi connectivity index (χ0n) is 10.7. The molecule has 0 bridgehead atoms. The van der Waals surface area contributed by atoms with Crippen LogP contribution in [0.5, 0.6) is 0 Å². The SMILES string of the molecule is Cc1cc(-c2ccc(F)c(N3CC=NCC3)c2)n[nH]1. The summed E-state index contributed by atoms with van der Waals surface area (Å²) in [6.45, 7) is 4.06. The van der Waals surface area contributed by atoms with Gasteiger partial charge in [-0.05, 0) is 31.2 Å². The van der Waals surface area contributed by atoms with Crippen LogP contribution in [0, 0.1) is 12.7 Å². The largest absolute Gasteiger partial charge is 0.362 e. The fourth-order valence-corrected chi connectivity index (χ4v) is 2.22. The van der Waals surface area contributed by atoms with E-state index in [9.17, 15) is 4.39 Å². The van der Waals surface area contributed by atoms with Crippen LogP contribution in [0.4, 0.5) is 10.1 Å². The molecule has 1 aliphatic rings. The zero-order valence-corrected chi connectivity index (χ0v) is 10.7. The van der Waals surface area contributed by atoms with Gasteiger partial charge in [-0.25, -0.2) is 4.39 Å². The first-order chi connectivity index (χ1) is 9.24. The molecule has 19 heavy (non-hydrogen) atoms. The van der Waals surface area contributed by atoms with Crippen LogP contribution in [0.15, 0.2) is 29.3 Å². The van der Waals surface area contributed by atoms with Crippen molar-refractivity contribution in [3.63, 3.8) is 0 Å². The minimum atomic E-state index is -0.202. The standard InChI is InChI=1S/C14H15FN4/c1-10-8-13(18-17-10)11-2-3-12(15)14(9-11)19-6-4-16-5-7-19/h2-4,8-9H,5-7H2,1H3,(H,17,18). The molecule has 98 valence electrons. The van der Waals surface area contributed by atoms with Gasteiger partial charge in [0.05, 0.1) is 24.5 Å². The number of anilines is 1. The molecule has 0 radical (unpaired) electrons. The van der Waals surface area contributed by atoms with Crippen LogP contribution in [-0.4, -0.2) is 36.0 Å². The monoisotopic (exact) mass is 258 g/mol. The number of H-pyrrole nitrogens is 1. The number of aliphatic imine (C=N–C) groups is 1. The third kappa shape index (κ3) is 2.36. The molecule has 2 aromatic rings. The molecule has 4 nitrogen and oxygen atoms in total. The van der Waals surface area contributed by atoms with Crippen LogP contribution in [0.2, 0.25) is 0 Å². The molecule has 2 heterocycles. The predicted octanol–water partition coefficient (Wildman–Crippen LogP) is 2.42. The summed E-state index contributed by atoms with van der Waals surface area (Å²) in [6.07, 6.45) is 1.83. The molecule has 0 atom stereocenters. The number of halogens is 1. The summed E-state index contributed by atoms with van der Waals surface area (Å²) in [6, 6.07) is 7.06. The van der Waals surface area contributed by atoms with E-state index < -0.39 is 0 Å². The molecule has 0 fully saturated rings. The number of hydrogen-bond acceptors (Lipinski definition) is 3. The van der Waals surface area contributed by atoms with Gasteiger partial charge in [-0.15, -0.1) is 0 Å². The zero-order chi connectivity index (χ0) is 13.2. The number of hydrogen-bond donors (Lipinski definition) is 1. The molecule has 3 rings (SSSR count). The molecule has 0 saturated heterocycles. The second-order valence-corrected chi connectivity index (χ2v) is 4.64. The van der Waals surface area contributed by atoms with Gasteiger partial charge in [0.15, 0.2) is 0 Å². The van der Waals surface area contributed by atoms with E-state index >= 15 is 0 Å². The Balaban J connectivity index is 1.98. The fraction of sp³-hybridized carbons (Fsp3) is 0.286. The van der Waals surface area contributed by atoms with E-state index in [0.29, 0.717) is 18.8 Å². The van der Waals surface area contributed by atoms with Crippen molar-refractivity contribution in [2.75, 3.05) is 24.5 Å². The molecule has 1 N–H and O–H groups in total. The molecule has 0 saturated carbocycles.